The molecule has 0 saturated carbocycles. The first-order valence-corrected chi connectivity index (χ1v) is 10.9. The van der Waals surface area contributed by atoms with Gasteiger partial charge in [-0.25, -0.2) is 0 Å². The maximum atomic E-state index is 12.1. The summed E-state index contributed by atoms with van der Waals surface area (Å²) in [5.74, 6) is -4.48. The average Bonchev–Trinajstić information content (AvgIpc) is 2.93. The Balaban J connectivity index is 2.52. The van der Waals surface area contributed by atoms with Crippen molar-refractivity contribution in [3.8, 4) is 0 Å². The lowest BCUT2D eigenvalue weighted by Gasteiger charge is -2.47. The smallest absolute Gasteiger partial charge is 0.303 e. The van der Waals surface area contributed by atoms with Crippen LogP contribution in [0.5, 0.6) is 0 Å². The zero-order chi connectivity index (χ0) is 29.3. The highest BCUT2D eigenvalue weighted by Gasteiger charge is 2.55. The standard InChI is InChI=1S/C20H29BrO14/c1-7(24)29-15-13(28)11(5-22)34-20(18(15)32-10(4)27)35-14-12(6-23)33-19(21)17(31-9(3)26)16(14)30-8(2)25/h11-20,22-23,28H,5-6H2,1-4H3/t11-,12-,13+,14-,15+,16+,17-,18-,19?,20+/m1/s1/i1D,2D,3D,4D. The lowest BCUT2D eigenvalue weighted by molar-refractivity contribution is -0.340. The lowest BCUT2D eigenvalue weighted by Crippen LogP contribution is -2.66. The van der Waals surface area contributed by atoms with Crippen molar-refractivity contribution >= 4 is 39.8 Å². The number of hydrogen-bond acceptors (Lipinski definition) is 14. The van der Waals surface area contributed by atoms with Crippen molar-refractivity contribution in [2.75, 3.05) is 13.2 Å². The molecule has 0 bridgehead atoms. The van der Waals surface area contributed by atoms with Gasteiger partial charge in [0.2, 0.25) is 0 Å². The third kappa shape index (κ3) is 7.55. The summed E-state index contributed by atoms with van der Waals surface area (Å²) >= 11 is 3.10. The van der Waals surface area contributed by atoms with E-state index in [2.05, 4.69) is 15.9 Å². The van der Waals surface area contributed by atoms with Crippen LogP contribution >= 0.6 is 15.9 Å². The van der Waals surface area contributed by atoms with Gasteiger partial charge in [-0.05, 0) is 0 Å². The molecule has 2 aliphatic rings. The van der Waals surface area contributed by atoms with Crippen LogP contribution in [0.1, 0.15) is 33.1 Å². The van der Waals surface area contributed by atoms with Crippen molar-refractivity contribution in [2.24, 2.45) is 0 Å². The molecule has 0 aliphatic carbocycles. The van der Waals surface area contributed by atoms with Crippen LogP contribution in [0, 0.1) is 0 Å². The molecule has 0 aromatic carbocycles. The zero-order valence-electron chi connectivity index (χ0n) is 22.2. The largest absolute Gasteiger partial charge is 0.456 e. The molecule has 0 aromatic rings. The number of halogens is 1. The second kappa shape index (κ2) is 12.9. The number of alkyl halides is 1. The Kier molecular flexibility index (Phi) is 8.66. The summed E-state index contributed by atoms with van der Waals surface area (Å²) in [6, 6.07) is 0. The van der Waals surface area contributed by atoms with Crippen LogP contribution in [0.15, 0.2) is 0 Å². The summed E-state index contributed by atoms with van der Waals surface area (Å²) in [4.78, 5) is 47.9. The molecule has 2 heterocycles. The topological polar surface area (TPSA) is 194 Å². The quantitative estimate of drug-likeness (QED) is 0.168. The van der Waals surface area contributed by atoms with Gasteiger partial charge in [0.25, 0.3) is 0 Å². The molecule has 0 amide bonds. The van der Waals surface area contributed by atoms with E-state index < -0.39 is 125 Å². The number of rotatable bonds is 8. The van der Waals surface area contributed by atoms with Gasteiger partial charge in [0.05, 0.1) is 13.2 Å². The van der Waals surface area contributed by atoms with E-state index in [1.807, 2.05) is 0 Å². The lowest BCUT2D eigenvalue weighted by atomic mass is 9.96. The van der Waals surface area contributed by atoms with E-state index in [1.54, 1.807) is 0 Å². The Hall–Kier alpha value is -1.88. The van der Waals surface area contributed by atoms with E-state index in [9.17, 15) is 34.5 Å². The van der Waals surface area contributed by atoms with Crippen molar-refractivity contribution in [3.63, 3.8) is 0 Å². The first-order chi connectivity index (χ1) is 18.5. The van der Waals surface area contributed by atoms with E-state index in [4.69, 9.17) is 38.6 Å². The Morgan fingerprint density at radius 3 is 1.74 bits per heavy atom. The minimum atomic E-state index is -1.84. The highest BCUT2D eigenvalue weighted by Crippen LogP contribution is 2.35. The van der Waals surface area contributed by atoms with Gasteiger partial charge in [0, 0.05) is 33.1 Å². The molecular formula is C20H29BrO14. The number of carbonyl (C=O) groups excluding carboxylic acids is 4. The van der Waals surface area contributed by atoms with Crippen molar-refractivity contribution in [3.05, 3.63) is 0 Å². The molecule has 35 heavy (non-hydrogen) atoms. The summed E-state index contributed by atoms with van der Waals surface area (Å²) in [6.07, 6.45) is -14.8. The normalized spacial score (nSPS) is 38.6. The maximum Gasteiger partial charge on any atom is 0.303 e. The van der Waals surface area contributed by atoms with E-state index in [0.29, 0.717) is 0 Å². The maximum absolute atomic E-state index is 12.1. The Bertz CT molecular complexity index is 855. The van der Waals surface area contributed by atoms with Crippen molar-refractivity contribution < 1.29 is 73.1 Å². The third-order valence-electron chi connectivity index (χ3n) is 4.92. The van der Waals surface area contributed by atoms with Gasteiger partial charge in [-0.15, -0.1) is 0 Å². The van der Waals surface area contributed by atoms with Crippen LogP contribution < -0.4 is 0 Å². The molecule has 14 nitrogen and oxygen atoms in total. The van der Waals surface area contributed by atoms with Crippen molar-refractivity contribution in [1.82, 2.24) is 0 Å². The number of esters is 4. The second-order valence-corrected chi connectivity index (χ2v) is 8.25. The van der Waals surface area contributed by atoms with Crippen LogP contribution in [0.2, 0.25) is 0 Å². The summed E-state index contributed by atoms with van der Waals surface area (Å²) in [7, 11) is 0. The van der Waals surface area contributed by atoms with E-state index in [1.165, 1.54) is 0 Å². The number of hydrogen-bond donors (Lipinski definition) is 3. The van der Waals surface area contributed by atoms with Gasteiger partial charge in [0.15, 0.2) is 35.7 Å². The van der Waals surface area contributed by atoms with Crippen LogP contribution in [-0.4, -0.2) is 113 Å². The Labute approximate surface area is 214 Å². The van der Waals surface area contributed by atoms with Crippen LogP contribution in [0.3, 0.4) is 0 Å². The van der Waals surface area contributed by atoms with Crippen molar-refractivity contribution in [2.45, 2.75) is 87.7 Å². The number of aliphatic hydroxyl groups excluding tert-OH is 3. The second-order valence-electron chi connectivity index (χ2n) is 7.34. The van der Waals surface area contributed by atoms with Gasteiger partial charge in [0.1, 0.15) is 24.4 Å². The first-order valence-electron chi connectivity index (χ1n) is 12.8. The molecule has 0 aromatic heterocycles. The monoisotopic (exact) mass is 576 g/mol. The molecule has 0 spiro atoms. The molecule has 1 unspecified atom stereocenters. The molecule has 2 aliphatic heterocycles. The van der Waals surface area contributed by atoms with Gasteiger partial charge < -0.3 is 48.5 Å². The fourth-order valence-electron chi connectivity index (χ4n) is 3.61. The SMILES string of the molecule is [2H]CC(=O)O[C@H]1[C@H](O[C@H]2[C@H](OC(=O)C[2H])[C@@H](OC(=O)C[2H])C(Br)O[C@@H]2CO)O[C@H](CO)[C@H](O)[C@@H]1OC(=O)C[2H]. The van der Waals surface area contributed by atoms with E-state index >= 15 is 0 Å². The summed E-state index contributed by atoms with van der Waals surface area (Å²) < 4.78 is 66.5. The first kappa shape index (κ1) is 23.5. The summed E-state index contributed by atoms with van der Waals surface area (Å²) in [6.45, 7) is -5.12. The summed E-state index contributed by atoms with van der Waals surface area (Å²) in [5, 5.41) is 29.1. The molecular weight excluding hydrogens is 544 g/mol. The predicted molar refractivity (Wildman–Crippen MR) is 114 cm³/mol. The Morgan fingerprint density at radius 2 is 1.23 bits per heavy atom. The highest BCUT2D eigenvalue weighted by atomic mass is 79.9. The van der Waals surface area contributed by atoms with Gasteiger partial charge in [-0.1, -0.05) is 15.9 Å². The van der Waals surface area contributed by atoms with Crippen LogP contribution in [-0.2, 0) is 52.3 Å². The fraction of sp³-hybridized carbons (Fsp3) is 0.800. The minimum absolute atomic E-state index is 0.784. The molecule has 3 N–H and O–H groups in total. The van der Waals surface area contributed by atoms with Gasteiger partial charge >= 0.3 is 23.9 Å². The molecule has 2 fully saturated rings. The van der Waals surface area contributed by atoms with Crippen molar-refractivity contribution in [1.29, 1.82) is 0 Å². The number of carbonyl (C=O) groups is 4. The molecule has 10 atom stereocenters. The number of ether oxygens (including phenoxy) is 7. The Morgan fingerprint density at radius 1 is 0.743 bits per heavy atom. The third-order valence-corrected chi connectivity index (χ3v) is 5.65. The summed E-state index contributed by atoms with van der Waals surface area (Å²) in [5.41, 5.74) is 0. The molecule has 0 radical (unpaired) electrons. The predicted octanol–water partition coefficient (Wildman–Crippen LogP) is -1.71. The molecule has 15 heteroatoms. The van der Waals surface area contributed by atoms with Gasteiger partial charge in [-0.3, -0.25) is 19.2 Å². The van der Waals surface area contributed by atoms with Gasteiger partial charge in [-0.2, -0.15) is 0 Å². The molecule has 200 valence electrons. The van der Waals surface area contributed by atoms with E-state index in [-0.39, 0.29) is 0 Å². The van der Waals surface area contributed by atoms with Crippen LogP contribution in [0.25, 0.3) is 0 Å². The molecule has 2 rings (SSSR count). The number of aliphatic hydroxyl groups is 3. The average molecular weight is 577 g/mol. The minimum Gasteiger partial charge on any atom is -0.456 e. The van der Waals surface area contributed by atoms with E-state index in [0.717, 1.165) is 0 Å². The molecule has 2 saturated heterocycles. The fourth-order valence-corrected chi connectivity index (χ4v) is 4.30. The zero-order valence-corrected chi connectivity index (χ0v) is 19.8. The van der Waals surface area contributed by atoms with Crippen LogP contribution in [0.4, 0.5) is 0 Å². The highest BCUT2D eigenvalue weighted by molar-refractivity contribution is 9.09.